The maximum Gasteiger partial charge on any atom is 0.424 e. The standard InChI is InChI=1S/C28H35N5O4/c1-4-21(19-14-20(16-31-15-19)33-22-12-8-9-13-23(22)37-28(33)36)24(29)26(34)25(18-10-6-5-7-11-18)32-27(35)17(2)30-3/h8-9,12-18,21,25,29-30H,4-7,10-11H2,1-3H3,(H,32,35). The Labute approximate surface area is 216 Å². The Hall–Kier alpha value is -3.59. The number of aromatic nitrogens is 2. The zero-order valence-corrected chi connectivity index (χ0v) is 21.6. The van der Waals surface area contributed by atoms with E-state index in [0.29, 0.717) is 28.8 Å². The van der Waals surface area contributed by atoms with Gasteiger partial charge in [0.2, 0.25) is 5.91 Å². The Morgan fingerprint density at radius 1 is 1.19 bits per heavy atom. The molecule has 0 spiro atoms. The van der Waals surface area contributed by atoms with Gasteiger partial charge >= 0.3 is 5.76 Å². The van der Waals surface area contributed by atoms with Crippen molar-refractivity contribution in [2.24, 2.45) is 5.92 Å². The quantitative estimate of drug-likeness (QED) is 0.360. The summed E-state index contributed by atoms with van der Waals surface area (Å²) >= 11 is 0. The van der Waals surface area contributed by atoms with Crippen LogP contribution in [0.25, 0.3) is 16.8 Å². The molecule has 2 aromatic heterocycles. The van der Waals surface area contributed by atoms with Crippen LogP contribution in [0.3, 0.4) is 0 Å². The predicted octanol–water partition coefficient (Wildman–Crippen LogP) is 3.73. The number of pyridine rings is 1. The molecule has 196 valence electrons. The zero-order valence-electron chi connectivity index (χ0n) is 21.6. The molecule has 37 heavy (non-hydrogen) atoms. The lowest BCUT2D eigenvalue weighted by Crippen LogP contribution is -2.53. The zero-order chi connectivity index (χ0) is 26.5. The van der Waals surface area contributed by atoms with E-state index in [9.17, 15) is 14.4 Å². The van der Waals surface area contributed by atoms with Gasteiger partial charge in [0.05, 0.1) is 35.2 Å². The van der Waals surface area contributed by atoms with E-state index >= 15 is 0 Å². The Morgan fingerprint density at radius 2 is 1.92 bits per heavy atom. The number of oxazole rings is 1. The van der Waals surface area contributed by atoms with Crippen LogP contribution >= 0.6 is 0 Å². The molecule has 4 rings (SSSR count). The van der Waals surface area contributed by atoms with Crippen molar-refractivity contribution in [3.63, 3.8) is 0 Å². The van der Waals surface area contributed by atoms with E-state index in [2.05, 4.69) is 15.6 Å². The average molecular weight is 506 g/mol. The third-order valence-corrected chi connectivity index (χ3v) is 7.44. The monoisotopic (exact) mass is 505 g/mol. The van der Waals surface area contributed by atoms with E-state index in [1.165, 1.54) is 4.57 Å². The molecule has 1 aromatic carbocycles. The molecule has 9 nitrogen and oxygen atoms in total. The summed E-state index contributed by atoms with van der Waals surface area (Å²) in [6.07, 6.45) is 8.53. The van der Waals surface area contributed by atoms with Gasteiger partial charge in [-0.05, 0) is 62.9 Å². The van der Waals surface area contributed by atoms with Crippen molar-refractivity contribution >= 4 is 28.5 Å². The van der Waals surface area contributed by atoms with Gasteiger partial charge in [0, 0.05) is 12.1 Å². The number of hydrogen-bond acceptors (Lipinski definition) is 7. The van der Waals surface area contributed by atoms with Crippen molar-refractivity contribution in [1.82, 2.24) is 20.2 Å². The summed E-state index contributed by atoms with van der Waals surface area (Å²) < 4.78 is 6.81. The van der Waals surface area contributed by atoms with E-state index in [-0.39, 0.29) is 23.3 Å². The second kappa shape index (κ2) is 11.6. The van der Waals surface area contributed by atoms with Crippen LogP contribution in [0.15, 0.2) is 51.9 Å². The lowest BCUT2D eigenvalue weighted by molar-refractivity contribution is -0.127. The molecule has 0 bridgehead atoms. The minimum Gasteiger partial charge on any atom is -0.407 e. The highest BCUT2D eigenvalue weighted by Gasteiger charge is 2.36. The number of hydrogen-bond donors (Lipinski definition) is 3. The first-order valence-electron chi connectivity index (χ1n) is 13.0. The first kappa shape index (κ1) is 26.5. The number of likely N-dealkylation sites (N-methyl/N-ethyl adjacent to an activating group) is 1. The van der Waals surface area contributed by atoms with Gasteiger partial charge in [0.15, 0.2) is 11.4 Å². The van der Waals surface area contributed by atoms with Crippen molar-refractivity contribution in [2.45, 2.75) is 70.4 Å². The highest BCUT2D eigenvalue weighted by atomic mass is 16.4. The number of amides is 1. The normalized spacial score (nSPS) is 16.7. The first-order valence-corrected chi connectivity index (χ1v) is 13.0. The van der Waals surface area contributed by atoms with Gasteiger partial charge in [-0.25, -0.2) is 9.36 Å². The summed E-state index contributed by atoms with van der Waals surface area (Å²) in [5, 5.41) is 14.8. The molecule has 1 amide bonds. The van der Waals surface area contributed by atoms with Crippen LogP contribution in [-0.4, -0.2) is 46.1 Å². The van der Waals surface area contributed by atoms with Gasteiger partial charge in [-0.2, -0.15) is 0 Å². The molecular formula is C28H35N5O4. The van der Waals surface area contributed by atoms with Crippen LogP contribution < -0.4 is 16.4 Å². The molecular weight excluding hydrogens is 470 g/mol. The van der Waals surface area contributed by atoms with Crippen molar-refractivity contribution in [2.75, 3.05) is 7.05 Å². The number of ketones is 1. The molecule has 9 heteroatoms. The lowest BCUT2D eigenvalue weighted by atomic mass is 9.78. The van der Waals surface area contributed by atoms with Crippen molar-refractivity contribution in [1.29, 1.82) is 5.41 Å². The van der Waals surface area contributed by atoms with E-state index in [1.807, 2.05) is 13.0 Å². The fourth-order valence-electron chi connectivity index (χ4n) is 5.19. The minimum absolute atomic E-state index is 0.00689. The smallest absolute Gasteiger partial charge is 0.407 e. The number of rotatable bonds is 10. The summed E-state index contributed by atoms with van der Waals surface area (Å²) in [6, 6.07) is 7.73. The first-order chi connectivity index (χ1) is 17.8. The molecule has 1 saturated carbocycles. The third kappa shape index (κ3) is 5.56. The van der Waals surface area contributed by atoms with Crippen LogP contribution in [0.2, 0.25) is 0 Å². The largest absolute Gasteiger partial charge is 0.424 e. The summed E-state index contributed by atoms with van der Waals surface area (Å²) in [7, 11) is 1.70. The molecule has 0 radical (unpaired) electrons. The number of benzene rings is 1. The Bertz CT molecular complexity index is 1340. The topological polar surface area (TPSA) is 130 Å². The van der Waals surface area contributed by atoms with Gasteiger partial charge in [-0.1, -0.05) is 38.3 Å². The molecule has 0 saturated heterocycles. The van der Waals surface area contributed by atoms with Crippen LogP contribution in [0.4, 0.5) is 0 Å². The predicted molar refractivity (Wildman–Crippen MR) is 142 cm³/mol. The SMILES string of the molecule is CCC(C(=N)C(=O)C(NC(=O)C(C)NC)C1CCCCC1)c1cncc(-n2c(=O)oc3ccccc32)c1. The third-order valence-electron chi connectivity index (χ3n) is 7.44. The molecule has 3 N–H and O–H groups in total. The lowest BCUT2D eigenvalue weighted by Gasteiger charge is -2.32. The Kier molecular flexibility index (Phi) is 8.33. The molecule has 1 aliphatic carbocycles. The summed E-state index contributed by atoms with van der Waals surface area (Å²) in [5.41, 5.74) is 2.19. The van der Waals surface area contributed by atoms with Gasteiger partial charge in [-0.15, -0.1) is 0 Å². The fourth-order valence-corrected chi connectivity index (χ4v) is 5.19. The Morgan fingerprint density at radius 3 is 2.62 bits per heavy atom. The van der Waals surface area contributed by atoms with Gasteiger partial charge in [0.25, 0.3) is 0 Å². The average Bonchev–Trinajstić information content (AvgIpc) is 3.27. The minimum atomic E-state index is -0.735. The van der Waals surface area contributed by atoms with Crippen molar-refractivity contribution in [3.05, 3.63) is 58.8 Å². The fraction of sp³-hybridized carbons (Fsp3) is 0.464. The number of fused-ring (bicyclic) bond motifs is 1. The molecule has 3 aromatic rings. The highest BCUT2D eigenvalue weighted by Crippen LogP contribution is 2.30. The summed E-state index contributed by atoms with van der Waals surface area (Å²) in [4.78, 5) is 43.4. The van der Waals surface area contributed by atoms with Crippen LogP contribution in [-0.2, 0) is 9.59 Å². The molecule has 0 aliphatic heterocycles. The van der Waals surface area contributed by atoms with Crippen molar-refractivity contribution < 1.29 is 14.0 Å². The van der Waals surface area contributed by atoms with Crippen LogP contribution in [0.5, 0.6) is 0 Å². The Balaban J connectivity index is 1.64. The number of Topliss-reactive ketones (excluding diaryl/α,β-unsaturated/α-hetero) is 1. The van der Waals surface area contributed by atoms with E-state index in [0.717, 1.165) is 32.1 Å². The van der Waals surface area contributed by atoms with Crippen LogP contribution in [0.1, 0.15) is 63.9 Å². The van der Waals surface area contributed by atoms with E-state index in [4.69, 9.17) is 9.83 Å². The van der Waals surface area contributed by atoms with E-state index in [1.54, 1.807) is 50.6 Å². The second-order valence-electron chi connectivity index (χ2n) is 9.78. The molecule has 1 fully saturated rings. The number of carbonyl (C=O) groups is 2. The van der Waals surface area contributed by atoms with Gasteiger partial charge < -0.3 is 20.5 Å². The summed E-state index contributed by atoms with van der Waals surface area (Å²) in [6.45, 7) is 3.66. The molecule has 1 aliphatic rings. The maximum atomic E-state index is 13.8. The van der Waals surface area contributed by atoms with E-state index < -0.39 is 23.8 Å². The molecule has 3 atom stereocenters. The number of carbonyl (C=O) groups excluding carboxylic acids is 2. The number of nitrogens with one attached hydrogen (secondary N) is 3. The number of para-hydroxylation sites is 2. The van der Waals surface area contributed by atoms with Crippen molar-refractivity contribution in [3.8, 4) is 5.69 Å². The van der Waals surface area contributed by atoms with Gasteiger partial charge in [0.1, 0.15) is 0 Å². The second-order valence-corrected chi connectivity index (χ2v) is 9.78. The molecule has 2 heterocycles. The molecule has 3 unspecified atom stereocenters. The van der Waals surface area contributed by atoms with Gasteiger partial charge in [-0.3, -0.25) is 14.6 Å². The summed E-state index contributed by atoms with van der Waals surface area (Å²) in [5.74, 6) is -1.65. The van der Waals surface area contributed by atoms with Crippen LogP contribution in [0, 0.1) is 11.3 Å². The number of nitrogens with zero attached hydrogens (tertiary/aromatic N) is 2. The highest BCUT2D eigenvalue weighted by molar-refractivity contribution is 6.42. The maximum absolute atomic E-state index is 13.8.